The van der Waals surface area contributed by atoms with Crippen LogP contribution < -0.4 is 0 Å². The lowest BCUT2D eigenvalue weighted by molar-refractivity contribution is -0.143. The van der Waals surface area contributed by atoms with Gasteiger partial charge in [0.05, 0.1) is 6.61 Å². The van der Waals surface area contributed by atoms with Crippen LogP contribution in [-0.4, -0.2) is 25.8 Å². The van der Waals surface area contributed by atoms with E-state index in [2.05, 4.69) is 52.0 Å². The lowest BCUT2D eigenvalue weighted by Gasteiger charge is -2.05. The number of ether oxygens (including phenoxy) is 2. The highest BCUT2D eigenvalue weighted by molar-refractivity contribution is 5.69. The Morgan fingerprint density at radius 2 is 0.484 bits per heavy atom. The van der Waals surface area contributed by atoms with Crippen molar-refractivity contribution in [2.45, 2.75) is 342 Å². The van der Waals surface area contributed by atoms with Crippen molar-refractivity contribution in [3.8, 4) is 0 Å². The molecule has 0 fully saturated rings. The Morgan fingerprint density at radius 1 is 0.266 bits per heavy atom. The van der Waals surface area contributed by atoms with Gasteiger partial charge in [-0.25, -0.2) is 0 Å². The first kappa shape index (κ1) is 65.0. The summed E-state index contributed by atoms with van der Waals surface area (Å²) < 4.78 is 11.2. The summed E-state index contributed by atoms with van der Waals surface area (Å²) in [5.74, 6) is 0.00654. The molecule has 0 heterocycles. The molecule has 0 saturated heterocycles. The van der Waals surface area contributed by atoms with Crippen LogP contribution >= 0.6 is 0 Å². The van der Waals surface area contributed by atoms with E-state index >= 15 is 0 Å². The second-order valence-electron chi connectivity index (χ2n) is 19.8. The number of carbonyl (C=O) groups excluding carboxylic acids is 1. The Balaban J connectivity index is 0. The largest absolute Gasteiger partial charge is 0.466 e. The predicted octanol–water partition coefficient (Wildman–Crippen LogP) is 21.8. The van der Waals surface area contributed by atoms with Gasteiger partial charge in [0.15, 0.2) is 0 Å². The standard InChI is InChI=1S/C36H70O.C25H50O2/c1-3-5-7-9-11-13-15-17-19-21-23-25-27-29-31-33-35-37-36-34-32-30-28-26-24-22-20-18-16-14-12-10-8-6-4-2;1-3-5-7-9-10-11-12-13-14-15-16-17-18-19-20-22-24-27-25(26)23-21-8-6-4-2/h17-20H,3-16,21-36H2,1-2H3;3-24H2,1-2H3/b19-17-,20-18-;. The van der Waals surface area contributed by atoms with Gasteiger partial charge in [-0.3, -0.25) is 4.79 Å². The average molecular weight is 902 g/mol. The minimum Gasteiger partial charge on any atom is -0.466 e. The highest BCUT2D eigenvalue weighted by Gasteiger charge is 2.02. The molecule has 0 rings (SSSR count). The fraction of sp³-hybridized carbons (Fsp3) is 0.918. The zero-order chi connectivity index (χ0) is 46.6. The molecule has 3 heteroatoms. The number of hydrogen-bond acceptors (Lipinski definition) is 3. The Morgan fingerprint density at radius 3 is 0.766 bits per heavy atom. The normalized spacial score (nSPS) is 11.6. The molecule has 0 N–H and O–H groups in total. The van der Waals surface area contributed by atoms with Crippen LogP contribution in [0.15, 0.2) is 24.3 Å². The lowest BCUT2D eigenvalue weighted by atomic mass is 10.0. The fourth-order valence-corrected chi connectivity index (χ4v) is 8.61. The molecule has 382 valence electrons. The lowest BCUT2D eigenvalue weighted by Crippen LogP contribution is -2.05. The summed E-state index contributed by atoms with van der Waals surface area (Å²) in [4.78, 5) is 11.5. The van der Waals surface area contributed by atoms with Crippen molar-refractivity contribution in [2.24, 2.45) is 0 Å². The van der Waals surface area contributed by atoms with Crippen LogP contribution in [0, 0.1) is 0 Å². The Bertz CT molecular complexity index is 824. The third kappa shape index (κ3) is 65.2. The van der Waals surface area contributed by atoms with Crippen molar-refractivity contribution in [3.05, 3.63) is 24.3 Å². The van der Waals surface area contributed by atoms with Crippen molar-refractivity contribution in [1.29, 1.82) is 0 Å². The summed E-state index contributed by atoms with van der Waals surface area (Å²) in [6, 6.07) is 0. The fourth-order valence-electron chi connectivity index (χ4n) is 8.61. The number of allylic oxidation sites excluding steroid dienone is 4. The topological polar surface area (TPSA) is 35.5 Å². The Kier molecular flexibility index (Phi) is 65.0. The number of carbonyl (C=O) groups is 1. The van der Waals surface area contributed by atoms with E-state index in [4.69, 9.17) is 9.47 Å². The van der Waals surface area contributed by atoms with E-state index in [1.807, 2.05) is 0 Å². The molecule has 0 saturated carbocycles. The van der Waals surface area contributed by atoms with Crippen molar-refractivity contribution in [2.75, 3.05) is 19.8 Å². The van der Waals surface area contributed by atoms with Crippen molar-refractivity contribution in [3.63, 3.8) is 0 Å². The number of unbranched alkanes of at least 4 members (excludes halogenated alkanes) is 42. The van der Waals surface area contributed by atoms with Crippen LogP contribution in [0.5, 0.6) is 0 Å². The maximum absolute atomic E-state index is 11.5. The van der Waals surface area contributed by atoms with Gasteiger partial charge in [0.2, 0.25) is 0 Å². The second-order valence-corrected chi connectivity index (χ2v) is 19.8. The first-order valence-corrected chi connectivity index (χ1v) is 29.8. The van der Waals surface area contributed by atoms with Gasteiger partial charge in [0.1, 0.15) is 0 Å². The van der Waals surface area contributed by atoms with Crippen molar-refractivity contribution >= 4 is 5.97 Å². The highest BCUT2D eigenvalue weighted by Crippen LogP contribution is 2.15. The highest BCUT2D eigenvalue weighted by atomic mass is 16.5. The summed E-state index contributed by atoms with van der Waals surface area (Å²) in [5.41, 5.74) is 0. The van der Waals surface area contributed by atoms with Gasteiger partial charge < -0.3 is 9.47 Å². The van der Waals surface area contributed by atoms with Gasteiger partial charge in [0.25, 0.3) is 0 Å². The summed E-state index contributed by atoms with van der Waals surface area (Å²) >= 11 is 0. The molecular formula is C61H120O3. The van der Waals surface area contributed by atoms with E-state index in [0.29, 0.717) is 13.0 Å². The van der Waals surface area contributed by atoms with Crippen LogP contribution in [0.2, 0.25) is 0 Å². The molecule has 0 spiro atoms. The predicted molar refractivity (Wildman–Crippen MR) is 289 cm³/mol. The molecular weight excluding hydrogens is 781 g/mol. The first-order chi connectivity index (χ1) is 31.7. The van der Waals surface area contributed by atoms with E-state index in [9.17, 15) is 4.79 Å². The van der Waals surface area contributed by atoms with E-state index in [1.54, 1.807) is 0 Å². The van der Waals surface area contributed by atoms with Crippen LogP contribution in [0.3, 0.4) is 0 Å². The molecule has 64 heavy (non-hydrogen) atoms. The Labute approximate surface area is 405 Å². The summed E-state index contributed by atoms with van der Waals surface area (Å²) in [6.45, 7) is 11.6. The maximum Gasteiger partial charge on any atom is 0.305 e. The van der Waals surface area contributed by atoms with Crippen LogP contribution in [0.4, 0.5) is 0 Å². The van der Waals surface area contributed by atoms with Crippen LogP contribution in [0.1, 0.15) is 342 Å². The quantitative estimate of drug-likeness (QED) is 0.0347. The smallest absolute Gasteiger partial charge is 0.305 e. The molecule has 0 unspecified atom stereocenters. The monoisotopic (exact) mass is 901 g/mol. The molecule has 0 aliphatic rings. The molecule has 0 aromatic heterocycles. The minimum absolute atomic E-state index is 0.00654. The molecule has 0 atom stereocenters. The van der Waals surface area contributed by atoms with Gasteiger partial charge in [0, 0.05) is 19.6 Å². The zero-order valence-corrected chi connectivity index (χ0v) is 44.8. The average Bonchev–Trinajstić information content (AvgIpc) is 3.30. The molecule has 0 aromatic rings. The molecule has 0 amide bonds. The van der Waals surface area contributed by atoms with Gasteiger partial charge in [-0.05, 0) is 77.0 Å². The zero-order valence-electron chi connectivity index (χ0n) is 44.8. The van der Waals surface area contributed by atoms with E-state index < -0.39 is 0 Å². The minimum atomic E-state index is 0.00654. The van der Waals surface area contributed by atoms with E-state index in [1.165, 1.54) is 289 Å². The van der Waals surface area contributed by atoms with Gasteiger partial charge >= 0.3 is 5.97 Å². The second kappa shape index (κ2) is 64.0. The number of esters is 1. The summed E-state index contributed by atoms with van der Waals surface area (Å²) in [7, 11) is 0. The van der Waals surface area contributed by atoms with Crippen LogP contribution in [-0.2, 0) is 14.3 Å². The maximum atomic E-state index is 11.5. The third-order valence-electron chi connectivity index (χ3n) is 13.1. The number of hydrogen-bond donors (Lipinski definition) is 0. The SMILES string of the molecule is CCCCCCCC/C=C\CCCCCCCCOCCCCCCCC/C=C\CCCCCCCC.CCCCCCCCCCCCCCCCCCOC(=O)CCCCCC. The molecule has 0 aliphatic heterocycles. The van der Waals surface area contributed by atoms with Crippen LogP contribution in [0.25, 0.3) is 0 Å². The summed E-state index contributed by atoms with van der Waals surface area (Å²) in [6.07, 6.45) is 75.3. The van der Waals surface area contributed by atoms with Gasteiger partial charge in [-0.2, -0.15) is 0 Å². The van der Waals surface area contributed by atoms with Gasteiger partial charge in [-0.15, -0.1) is 0 Å². The van der Waals surface area contributed by atoms with Crippen molar-refractivity contribution < 1.29 is 14.3 Å². The molecule has 0 aromatic carbocycles. The molecule has 3 nitrogen and oxygen atoms in total. The van der Waals surface area contributed by atoms with Crippen molar-refractivity contribution in [1.82, 2.24) is 0 Å². The molecule has 0 bridgehead atoms. The number of rotatable bonds is 54. The summed E-state index contributed by atoms with van der Waals surface area (Å²) in [5, 5.41) is 0. The third-order valence-corrected chi connectivity index (χ3v) is 13.1. The molecule has 0 radical (unpaired) electrons. The van der Waals surface area contributed by atoms with E-state index in [-0.39, 0.29) is 5.97 Å². The Hall–Kier alpha value is -1.09. The van der Waals surface area contributed by atoms with E-state index in [0.717, 1.165) is 32.5 Å². The molecule has 0 aliphatic carbocycles. The first-order valence-electron chi connectivity index (χ1n) is 29.8. The van der Waals surface area contributed by atoms with Gasteiger partial charge in [-0.1, -0.05) is 283 Å².